The van der Waals surface area contributed by atoms with Crippen LogP contribution in [0.3, 0.4) is 0 Å². The average molecular weight is 268 g/mol. The highest BCUT2D eigenvalue weighted by Crippen LogP contribution is 2.38. The van der Waals surface area contributed by atoms with Gasteiger partial charge in [0.05, 0.1) is 11.0 Å². The van der Waals surface area contributed by atoms with Crippen LogP contribution in [-0.4, -0.2) is 21.5 Å². The van der Waals surface area contributed by atoms with Crippen molar-refractivity contribution in [2.24, 2.45) is 0 Å². The van der Waals surface area contributed by atoms with Crippen molar-refractivity contribution in [3.63, 3.8) is 0 Å². The Hall–Kier alpha value is -1.85. The normalized spacial score (nSPS) is 16.0. The molecule has 6 heteroatoms. The largest absolute Gasteiger partial charge is 0.454 e. The van der Waals surface area contributed by atoms with E-state index in [1.165, 1.54) is 12.1 Å². The Balaban J connectivity index is 2.10. The summed E-state index contributed by atoms with van der Waals surface area (Å²) in [6.45, 7) is 1.82. The number of aryl methyl sites for hydroxylation is 1. The van der Waals surface area contributed by atoms with Crippen LogP contribution in [0.15, 0.2) is 18.2 Å². The first-order chi connectivity index (χ1) is 8.88. The van der Waals surface area contributed by atoms with E-state index in [1.54, 1.807) is 6.07 Å². The number of ketones is 1. The zero-order valence-corrected chi connectivity index (χ0v) is 10.2. The number of hydrogen-bond acceptors (Lipinski definition) is 2. The monoisotopic (exact) mass is 268 g/mol. The maximum absolute atomic E-state index is 12.4. The van der Waals surface area contributed by atoms with Gasteiger partial charge in [-0.25, -0.2) is 4.98 Å². The van der Waals surface area contributed by atoms with E-state index in [4.69, 9.17) is 0 Å². The number of halogens is 3. The maximum atomic E-state index is 12.4. The van der Waals surface area contributed by atoms with Gasteiger partial charge in [-0.15, -0.1) is 0 Å². The van der Waals surface area contributed by atoms with Crippen molar-refractivity contribution in [2.45, 2.75) is 32.0 Å². The third-order valence-corrected chi connectivity index (χ3v) is 3.30. The molecule has 0 atom stereocenters. The van der Waals surface area contributed by atoms with Gasteiger partial charge in [0.25, 0.3) is 5.78 Å². The molecule has 1 heterocycles. The lowest BCUT2D eigenvalue weighted by atomic mass is 10.1. The summed E-state index contributed by atoms with van der Waals surface area (Å²) in [4.78, 5) is 15.4. The van der Waals surface area contributed by atoms with E-state index in [0.717, 1.165) is 24.2 Å². The summed E-state index contributed by atoms with van der Waals surface area (Å²) in [5, 5.41) is 0. The SMILES string of the molecule is Cc1nc2cc(C(=O)C(F)(F)F)ccc2n1C1CC1. The van der Waals surface area contributed by atoms with E-state index in [-0.39, 0.29) is 5.56 Å². The summed E-state index contributed by atoms with van der Waals surface area (Å²) in [6, 6.07) is 4.39. The van der Waals surface area contributed by atoms with Gasteiger partial charge in [-0.05, 0) is 38.0 Å². The van der Waals surface area contributed by atoms with Crippen LogP contribution in [0.2, 0.25) is 0 Å². The molecule has 3 rings (SSSR count). The van der Waals surface area contributed by atoms with E-state index in [9.17, 15) is 18.0 Å². The Bertz CT molecular complexity index is 668. The lowest BCUT2D eigenvalue weighted by Crippen LogP contribution is -2.22. The van der Waals surface area contributed by atoms with Crippen molar-refractivity contribution in [1.29, 1.82) is 0 Å². The molecule has 0 aliphatic heterocycles. The van der Waals surface area contributed by atoms with Gasteiger partial charge in [0.15, 0.2) is 0 Å². The summed E-state index contributed by atoms with van der Waals surface area (Å²) in [5.74, 6) is -1.05. The highest BCUT2D eigenvalue weighted by Gasteiger charge is 2.39. The standard InChI is InChI=1S/C13H11F3N2O/c1-7-17-10-6-8(12(19)13(14,15)16)2-5-11(10)18(7)9-3-4-9/h2,5-6,9H,3-4H2,1H3. The summed E-state index contributed by atoms with van der Waals surface area (Å²) < 4.78 is 39.2. The summed E-state index contributed by atoms with van der Waals surface area (Å²) >= 11 is 0. The van der Waals surface area contributed by atoms with Crippen molar-refractivity contribution >= 4 is 16.8 Å². The van der Waals surface area contributed by atoms with Crippen molar-refractivity contribution in [1.82, 2.24) is 9.55 Å². The van der Waals surface area contributed by atoms with Crippen molar-refractivity contribution in [3.05, 3.63) is 29.6 Å². The highest BCUT2D eigenvalue weighted by molar-refractivity contribution is 6.02. The predicted octanol–water partition coefficient (Wildman–Crippen LogP) is 3.42. The van der Waals surface area contributed by atoms with Crippen LogP contribution >= 0.6 is 0 Å². The second-order valence-electron chi connectivity index (χ2n) is 4.79. The minimum atomic E-state index is -4.85. The molecule has 0 bridgehead atoms. The van der Waals surface area contributed by atoms with Crippen LogP contribution < -0.4 is 0 Å². The molecular formula is C13H11F3N2O. The second kappa shape index (κ2) is 3.82. The van der Waals surface area contributed by atoms with E-state index in [0.29, 0.717) is 11.6 Å². The first-order valence-corrected chi connectivity index (χ1v) is 5.98. The van der Waals surface area contributed by atoms with Gasteiger partial charge in [-0.1, -0.05) is 0 Å². The third kappa shape index (κ3) is 2.01. The maximum Gasteiger partial charge on any atom is 0.454 e. The highest BCUT2D eigenvalue weighted by atomic mass is 19.4. The van der Waals surface area contributed by atoms with Crippen molar-refractivity contribution in [2.75, 3.05) is 0 Å². The number of imidazole rings is 1. The molecule has 1 aliphatic carbocycles. The summed E-state index contributed by atoms with van der Waals surface area (Å²) in [6.07, 6.45) is -2.72. The fraction of sp³-hybridized carbons (Fsp3) is 0.385. The van der Waals surface area contributed by atoms with Crippen molar-refractivity contribution in [3.8, 4) is 0 Å². The van der Waals surface area contributed by atoms with Crippen LogP contribution in [0.5, 0.6) is 0 Å². The number of carbonyl (C=O) groups excluding carboxylic acids is 1. The van der Waals surface area contributed by atoms with E-state index < -0.39 is 12.0 Å². The number of carbonyl (C=O) groups is 1. The minimum Gasteiger partial charge on any atom is -0.325 e. The predicted molar refractivity (Wildman–Crippen MR) is 63.1 cm³/mol. The molecule has 1 aliphatic rings. The molecular weight excluding hydrogens is 257 g/mol. The zero-order valence-electron chi connectivity index (χ0n) is 10.2. The van der Waals surface area contributed by atoms with Gasteiger partial charge >= 0.3 is 6.18 Å². The molecule has 1 aromatic heterocycles. The Morgan fingerprint density at radius 2 is 2.05 bits per heavy atom. The number of nitrogens with zero attached hydrogens (tertiary/aromatic N) is 2. The fourth-order valence-corrected chi connectivity index (χ4v) is 2.32. The topological polar surface area (TPSA) is 34.9 Å². The molecule has 1 fully saturated rings. The average Bonchev–Trinajstić information content (AvgIpc) is 3.09. The van der Waals surface area contributed by atoms with Crippen LogP contribution in [0.4, 0.5) is 13.2 Å². The van der Waals surface area contributed by atoms with Gasteiger partial charge in [-0.2, -0.15) is 13.2 Å². The van der Waals surface area contributed by atoms with E-state index in [2.05, 4.69) is 4.98 Å². The fourth-order valence-electron chi connectivity index (χ4n) is 2.32. The number of rotatable bonds is 2. The van der Waals surface area contributed by atoms with Crippen LogP contribution in [0.1, 0.15) is 35.1 Å². The number of benzene rings is 1. The van der Waals surface area contributed by atoms with Crippen LogP contribution in [0.25, 0.3) is 11.0 Å². The smallest absolute Gasteiger partial charge is 0.325 e. The van der Waals surface area contributed by atoms with Gasteiger partial charge in [-0.3, -0.25) is 4.79 Å². The molecule has 0 N–H and O–H groups in total. The van der Waals surface area contributed by atoms with Crippen LogP contribution in [0, 0.1) is 6.92 Å². The van der Waals surface area contributed by atoms with E-state index in [1.807, 2.05) is 11.5 Å². The lowest BCUT2D eigenvalue weighted by molar-refractivity contribution is -0.0885. The van der Waals surface area contributed by atoms with Gasteiger partial charge < -0.3 is 4.57 Å². The Labute approximate surface area is 107 Å². The number of hydrogen-bond donors (Lipinski definition) is 0. The van der Waals surface area contributed by atoms with E-state index >= 15 is 0 Å². The number of Topliss-reactive ketones (excluding diaryl/α,β-unsaturated/α-hetero) is 1. The molecule has 100 valence electrons. The third-order valence-electron chi connectivity index (χ3n) is 3.30. The first-order valence-electron chi connectivity index (χ1n) is 5.98. The molecule has 1 aromatic carbocycles. The lowest BCUT2D eigenvalue weighted by Gasteiger charge is -2.06. The zero-order chi connectivity index (χ0) is 13.8. The molecule has 2 aromatic rings. The number of aromatic nitrogens is 2. The Kier molecular flexibility index (Phi) is 2.45. The molecule has 19 heavy (non-hydrogen) atoms. The van der Waals surface area contributed by atoms with Gasteiger partial charge in [0.1, 0.15) is 5.82 Å². The quantitative estimate of drug-likeness (QED) is 0.782. The number of fused-ring (bicyclic) bond motifs is 1. The molecule has 0 unspecified atom stereocenters. The number of alkyl halides is 3. The van der Waals surface area contributed by atoms with Crippen LogP contribution in [-0.2, 0) is 0 Å². The molecule has 0 radical (unpaired) electrons. The first kappa shape index (κ1) is 12.2. The molecule has 3 nitrogen and oxygen atoms in total. The molecule has 0 spiro atoms. The van der Waals surface area contributed by atoms with Crippen molar-refractivity contribution < 1.29 is 18.0 Å². The Morgan fingerprint density at radius 1 is 1.37 bits per heavy atom. The summed E-state index contributed by atoms with van der Waals surface area (Å²) in [7, 11) is 0. The molecule has 0 amide bonds. The molecule has 1 saturated carbocycles. The second-order valence-corrected chi connectivity index (χ2v) is 4.79. The Morgan fingerprint density at radius 3 is 2.63 bits per heavy atom. The van der Waals surface area contributed by atoms with Gasteiger partial charge in [0, 0.05) is 11.6 Å². The van der Waals surface area contributed by atoms with Gasteiger partial charge in [0.2, 0.25) is 0 Å². The summed E-state index contributed by atoms with van der Waals surface area (Å²) in [5.41, 5.74) is 0.874. The minimum absolute atomic E-state index is 0.361. The molecule has 0 saturated heterocycles.